The van der Waals surface area contributed by atoms with E-state index in [0.717, 1.165) is 167 Å². The molecule has 588 valence electrons. The zero-order chi connectivity index (χ0) is 80.8. The second-order valence-electron chi connectivity index (χ2n) is 29.6. The number of anilines is 4. The first-order valence-electron chi connectivity index (χ1n) is 38.3. The number of carbonyl (C=O) groups is 4. The average Bonchev–Trinajstić information content (AvgIpc) is 1.63. The van der Waals surface area contributed by atoms with Crippen molar-refractivity contribution < 1.29 is 38.1 Å². The van der Waals surface area contributed by atoms with Gasteiger partial charge in [-0.25, -0.2) is 0 Å². The molecule has 16 nitrogen and oxygen atoms in total. The smallest absolute Gasteiger partial charge is 0.271 e. The minimum atomic E-state index is -0.0823. The van der Waals surface area contributed by atoms with Crippen LogP contribution in [-0.4, -0.2) is 95.6 Å². The molecule has 4 saturated heterocycles. The van der Waals surface area contributed by atoms with Crippen LogP contribution in [0.3, 0.4) is 0 Å². The molecule has 0 bridgehead atoms. The standard InChI is InChI=1S/2C23H23ClN2O2S.C23H23ClN2O2.C22H21ClN2O2S/c1-14(2)25-23-26(19-8-4-7-18(24)15(19)3)22(27)21(29-23)13-16-9-10-20-17(12-16)6-5-11-28-20;1-14(2)25-23-26(18-8-6-15(3)19(24)13-18)22(27)21(29-23)12-16-7-9-20-17(11-16)5-4-10-28-20;1-14(2)25-22-13-18(12-16-7-8-21-17(11-16)9-10-28-21)23(27)26(22)20-6-4-5-19(24)15(20)3;1-13(2)24-22-25(17-6-4-14(3)18(23)12-17)21(26)20(28-22)11-15-5-7-19-16(10-15)8-9-27-19/h4,7-10,12-14H,5-6,11H2,1-3H3;6-9,11-14H,4-5,10H2,1-3H3;4-8,11-12,14H,9-10,13H2,1-3H3;4-7,10-13H,8-9H2,1-3H3/b21-13-,25-23?;21-12-,25-23?;18-12+,25-22?;20-11-,24-22?. The maximum absolute atomic E-state index is 13.3. The van der Waals surface area contributed by atoms with Crippen LogP contribution in [0.2, 0.25) is 20.1 Å². The van der Waals surface area contributed by atoms with Gasteiger partial charge >= 0.3 is 0 Å². The first-order chi connectivity index (χ1) is 54.7. The Hall–Kier alpha value is -9.31. The van der Waals surface area contributed by atoms with E-state index < -0.39 is 0 Å². The molecule has 8 aromatic carbocycles. The number of thioether (sulfide) groups is 3. The fraction of sp³-hybridized carbons (Fsp3) is 0.297. The molecule has 0 saturated carbocycles. The third-order valence-corrected chi connectivity index (χ3v) is 23.9. The summed E-state index contributed by atoms with van der Waals surface area (Å²) in [5.41, 5.74) is 16.2. The number of halogens is 4. The number of fused-ring (bicyclic) bond motifs is 4. The first-order valence-corrected chi connectivity index (χ1v) is 42.3. The number of carbonyl (C=O) groups excluding carboxylic acids is 4. The van der Waals surface area contributed by atoms with Crippen molar-refractivity contribution in [2.75, 3.05) is 46.0 Å². The van der Waals surface area contributed by atoms with Gasteiger partial charge in [0.25, 0.3) is 23.6 Å². The lowest BCUT2D eigenvalue weighted by molar-refractivity contribution is -0.114. The molecule has 0 atom stereocenters. The van der Waals surface area contributed by atoms with Gasteiger partial charge in [-0.2, -0.15) is 0 Å². The van der Waals surface area contributed by atoms with Gasteiger partial charge in [-0.3, -0.25) is 58.7 Å². The predicted molar refractivity (Wildman–Crippen MR) is 476 cm³/mol. The minimum absolute atomic E-state index is 0.0403. The van der Waals surface area contributed by atoms with Crippen LogP contribution in [0, 0.1) is 27.7 Å². The summed E-state index contributed by atoms with van der Waals surface area (Å²) in [5.74, 6) is 4.26. The van der Waals surface area contributed by atoms with Crippen LogP contribution in [0.5, 0.6) is 23.0 Å². The second-order valence-corrected chi connectivity index (χ2v) is 34.3. The average molecular weight is 1660 g/mol. The van der Waals surface area contributed by atoms with E-state index in [2.05, 4.69) is 34.3 Å². The van der Waals surface area contributed by atoms with Crippen molar-refractivity contribution in [2.24, 2.45) is 20.0 Å². The van der Waals surface area contributed by atoms with Crippen molar-refractivity contribution in [3.63, 3.8) is 0 Å². The molecule has 0 radical (unpaired) electrons. The van der Waals surface area contributed by atoms with Crippen LogP contribution in [0.1, 0.15) is 141 Å². The van der Waals surface area contributed by atoms with Gasteiger partial charge < -0.3 is 18.9 Å². The molecule has 23 heteroatoms. The summed E-state index contributed by atoms with van der Waals surface area (Å²) in [5, 5.41) is 4.59. The van der Waals surface area contributed by atoms with E-state index in [0.29, 0.717) is 56.7 Å². The number of amidine groups is 4. The van der Waals surface area contributed by atoms with Crippen molar-refractivity contribution in [3.05, 3.63) is 253 Å². The largest absolute Gasteiger partial charge is 0.493 e. The maximum Gasteiger partial charge on any atom is 0.271 e. The topological polar surface area (TPSA) is 168 Å². The first kappa shape index (κ1) is 82.7. The van der Waals surface area contributed by atoms with E-state index in [1.807, 2.05) is 229 Å². The summed E-state index contributed by atoms with van der Waals surface area (Å²) in [7, 11) is 0. The monoisotopic (exact) mass is 1660 g/mol. The van der Waals surface area contributed by atoms with E-state index in [9.17, 15) is 19.2 Å². The SMILES string of the molecule is Cc1c(Cl)cccc1N1C(=O)/C(=C/c2ccc3c(c2)CCCO3)SC1=NC(C)C.Cc1c(Cl)cccc1N1C(=O)/C(=C/c2ccc3c(c2)CCO3)CC1=NC(C)C.Cc1ccc(N2C(=O)/C(=C/c3ccc4c(c3)CCCO4)SC2=NC(C)C)cc1Cl.Cc1ccc(N2C(=O)/C(=C/c3ccc4c(c3)CCO4)SC2=NC(C)C)cc1Cl. The highest BCUT2D eigenvalue weighted by Gasteiger charge is 2.40. The molecule has 8 aliphatic rings. The minimum Gasteiger partial charge on any atom is -0.493 e. The lowest BCUT2D eigenvalue weighted by Gasteiger charge is -2.20. The molecule has 8 aromatic rings. The molecule has 16 rings (SSSR count). The number of hydrogen-bond acceptors (Lipinski definition) is 15. The number of amides is 4. The van der Waals surface area contributed by atoms with E-state index >= 15 is 0 Å². The maximum atomic E-state index is 13.3. The van der Waals surface area contributed by atoms with Crippen LogP contribution >= 0.6 is 81.7 Å². The van der Waals surface area contributed by atoms with Crippen LogP contribution < -0.4 is 38.5 Å². The number of benzene rings is 8. The molecule has 0 aliphatic carbocycles. The summed E-state index contributed by atoms with van der Waals surface area (Å²) in [6.07, 6.45) is 14.1. The molecule has 0 N–H and O–H groups in total. The predicted octanol–water partition coefficient (Wildman–Crippen LogP) is 22.4. The van der Waals surface area contributed by atoms with Gasteiger partial charge in [0.1, 0.15) is 28.8 Å². The van der Waals surface area contributed by atoms with Crippen LogP contribution in [-0.2, 0) is 44.9 Å². The van der Waals surface area contributed by atoms with Crippen molar-refractivity contribution in [1.29, 1.82) is 0 Å². The number of nitrogens with zero attached hydrogens (tertiary/aromatic N) is 8. The van der Waals surface area contributed by atoms with Gasteiger partial charge in [0.2, 0.25) is 0 Å². The Balaban J connectivity index is 0.000000133. The number of hydrogen-bond donors (Lipinski definition) is 0. The zero-order valence-electron chi connectivity index (χ0n) is 65.8. The Labute approximate surface area is 700 Å². The van der Waals surface area contributed by atoms with Crippen LogP contribution in [0.25, 0.3) is 24.3 Å². The summed E-state index contributed by atoms with van der Waals surface area (Å²) in [6, 6.07) is 47.2. The van der Waals surface area contributed by atoms with Crippen molar-refractivity contribution >= 4 is 174 Å². The molecule has 0 spiro atoms. The molecule has 8 aliphatic heterocycles. The van der Waals surface area contributed by atoms with Gasteiger partial charge in [0, 0.05) is 69.1 Å². The normalized spacial score (nSPS) is 19.1. The van der Waals surface area contributed by atoms with Crippen LogP contribution in [0.4, 0.5) is 22.7 Å². The molecule has 114 heavy (non-hydrogen) atoms. The van der Waals surface area contributed by atoms with Crippen LogP contribution in [0.15, 0.2) is 186 Å². The Morgan fingerprint density at radius 2 is 0.719 bits per heavy atom. The van der Waals surface area contributed by atoms with Gasteiger partial charge in [-0.1, -0.05) is 94.9 Å². The zero-order valence-corrected chi connectivity index (χ0v) is 71.3. The van der Waals surface area contributed by atoms with Gasteiger partial charge in [-0.15, -0.1) is 0 Å². The molecule has 0 unspecified atom stereocenters. The highest BCUT2D eigenvalue weighted by Crippen LogP contribution is 2.44. The van der Waals surface area contributed by atoms with E-state index in [1.54, 1.807) is 19.6 Å². The lowest BCUT2D eigenvalue weighted by Crippen LogP contribution is -2.30. The number of ether oxygens (including phenoxy) is 4. The molecule has 8 heterocycles. The van der Waals surface area contributed by atoms with E-state index in [4.69, 9.17) is 75.3 Å². The van der Waals surface area contributed by atoms with E-state index in [1.165, 1.54) is 57.5 Å². The summed E-state index contributed by atoms with van der Waals surface area (Å²) in [4.78, 5) is 80.6. The van der Waals surface area contributed by atoms with Crippen molar-refractivity contribution in [3.8, 4) is 23.0 Å². The Kier molecular flexibility index (Phi) is 26.6. The molecule has 4 amide bonds. The summed E-state index contributed by atoms with van der Waals surface area (Å²) in [6.45, 7) is 26.8. The molecular formula is C91H90Cl4N8O8S3. The second kappa shape index (κ2) is 36.7. The Morgan fingerprint density at radius 3 is 1.11 bits per heavy atom. The molecule has 0 aromatic heterocycles. The fourth-order valence-corrected chi connectivity index (χ4v) is 17.7. The Morgan fingerprint density at radius 1 is 0.368 bits per heavy atom. The summed E-state index contributed by atoms with van der Waals surface area (Å²) < 4.78 is 22.5. The van der Waals surface area contributed by atoms with E-state index in [-0.39, 0.29) is 47.8 Å². The van der Waals surface area contributed by atoms with Gasteiger partial charge in [-0.05, 0) is 332 Å². The highest BCUT2D eigenvalue weighted by atomic mass is 35.5. The number of aryl methyl sites for hydroxylation is 4. The van der Waals surface area contributed by atoms with Crippen molar-refractivity contribution in [2.45, 2.75) is 152 Å². The molecule has 4 fully saturated rings. The highest BCUT2D eigenvalue weighted by molar-refractivity contribution is 8.20. The van der Waals surface area contributed by atoms with Gasteiger partial charge in [0.05, 0.1) is 63.9 Å². The number of rotatable bonds is 12. The fourth-order valence-electron chi connectivity index (χ4n) is 13.7. The van der Waals surface area contributed by atoms with Crippen molar-refractivity contribution in [1.82, 2.24) is 0 Å². The number of aliphatic imine (C=N–C) groups is 4. The third-order valence-electron chi connectivity index (χ3n) is 19.3. The lowest BCUT2D eigenvalue weighted by atomic mass is 10.0. The van der Waals surface area contributed by atoms with Gasteiger partial charge in [0.15, 0.2) is 15.5 Å². The quantitative estimate of drug-likeness (QED) is 0.107. The molecular weight excluding hydrogens is 1570 g/mol. The third kappa shape index (κ3) is 19.3. The Bertz CT molecular complexity index is 5390. The summed E-state index contributed by atoms with van der Waals surface area (Å²) >= 11 is 29.5.